The van der Waals surface area contributed by atoms with Gasteiger partial charge in [-0.3, -0.25) is 4.79 Å². The van der Waals surface area contributed by atoms with Crippen molar-refractivity contribution in [3.63, 3.8) is 0 Å². The molecule has 0 aliphatic rings. The summed E-state index contributed by atoms with van der Waals surface area (Å²) in [4.78, 5) is 24.1. The lowest BCUT2D eigenvalue weighted by molar-refractivity contribution is -0.138. The minimum absolute atomic E-state index is 0.161. The lowest BCUT2D eigenvalue weighted by Crippen LogP contribution is -2.45. The van der Waals surface area contributed by atoms with Gasteiger partial charge in [0.05, 0.1) is 5.92 Å². The highest BCUT2D eigenvalue weighted by molar-refractivity contribution is 7.94. The van der Waals surface area contributed by atoms with Gasteiger partial charge < -0.3 is 14.7 Å². The SMILES string of the molecule is CNC(=O)N(C)C(C)C(C)C(=O)OP=S. The van der Waals surface area contributed by atoms with Crippen molar-refractivity contribution >= 4 is 31.4 Å². The number of nitrogens with one attached hydrogen (secondary N) is 1. The highest BCUT2D eigenvalue weighted by Gasteiger charge is 2.27. The third-order valence-corrected chi connectivity index (χ3v) is 2.85. The molecule has 0 bridgehead atoms. The molecule has 0 aromatic rings. The Kier molecular flexibility index (Phi) is 6.36. The van der Waals surface area contributed by atoms with E-state index in [0.717, 1.165) is 0 Å². The van der Waals surface area contributed by atoms with Gasteiger partial charge in [-0.05, 0) is 25.7 Å². The zero-order valence-electron chi connectivity index (χ0n) is 9.18. The standard InChI is InChI=1S/C8H15N2O3PS/c1-5(7(11)13-14-15)6(2)10(4)8(12)9-3/h5-6H,1-4H3,(H,9,12). The van der Waals surface area contributed by atoms with Gasteiger partial charge in [0.2, 0.25) is 7.58 Å². The van der Waals surface area contributed by atoms with E-state index in [1.165, 1.54) is 11.9 Å². The Morgan fingerprint density at radius 3 is 2.40 bits per heavy atom. The van der Waals surface area contributed by atoms with Crippen LogP contribution in [-0.4, -0.2) is 37.0 Å². The van der Waals surface area contributed by atoms with Gasteiger partial charge in [0.1, 0.15) is 0 Å². The molecule has 0 rings (SSSR count). The molecular formula is C8H15N2O3PS. The second kappa shape index (κ2) is 6.69. The minimum atomic E-state index is -0.400. The van der Waals surface area contributed by atoms with Crippen LogP contribution < -0.4 is 5.32 Å². The number of urea groups is 1. The molecule has 0 heterocycles. The maximum Gasteiger partial charge on any atom is 0.319 e. The first-order valence-corrected chi connectivity index (χ1v) is 6.26. The molecule has 0 aliphatic heterocycles. The summed E-state index contributed by atoms with van der Waals surface area (Å²) in [7, 11) is 3.32. The fraction of sp³-hybridized carbons (Fsp3) is 0.750. The van der Waals surface area contributed by atoms with Crippen LogP contribution in [0.2, 0.25) is 0 Å². The van der Waals surface area contributed by atoms with Crippen molar-refractivity contribution in [2.24, 2.45) is 5.92 Å². The molecule has 0 aromatic heterocycles. The number of hydrogen-bond acceptors (Lipinski definition) is 4. The molecule has 0 saturated carbocycles. The molecule has 86 valence electrons. The largest absolute Gasteiger partial charge is 0.395 e. The first-order valence-electron chi connectivity index (χ1n) is 4.43. The third kappa shape index (κ3) is 4.10. The lowest BCUT2D eigenvalue weighted by Gasteiger charge is -2.27. The number of amides is 2. The summed E-state index contributed by atoms with van der Waals surface area (Å²) in [5.74, 6) is -0.794. The van der Waals surface area contributed by atoms with Crippen LogP contribution in [0.25, 0.3) is 0 Å². The summed E-state index contributed by atoms with van der Waals surface area (Å²) in [5.41, 5.74) is 0. The molecule has 0 fully saturated rings. The van der Waals surface area contributed by atoms with Gasteiger partial charge in [0, 0.05) is 20.1 Å². The van der Waals surface area contributed by atoms with Crippen LogP contribution in [0.15, 0.2) is 0 Å². The van der Waals surface area contributed by atoms with Gasteiger partial charge in [0.15, 0.2) is 0 Å². The van der Waals surface area contributed by atoms with Crippen molar-refractivity contribution in [1.82, 2.24) is 10.2 Å². The zero-order valence-corrected chi connectivity index (χ0v) is 10.9. The van der Waals surface area contributed by atoms with Crippen LogP contribution in [0.3, 0.4) is 0 Å². The summed E-state index contributed by atoms with van der Waals surface area (Å²) < 4.78 is 4.68. The second-order valence-corrected chi connectivity index (χ2v) is 3.96. The fourth-order valence-electron chi connectivity index (χ4n) is 1.01. The van der Waals surface area contributed by atoms with E-state index in [2.05, 4.69) is 21.6 Å². The molecule has 15 heavy (non-hydrogen) atoms. The first kappa shape index (κ1) is 14.3. The van der Waals surface area contributed by atoms with Gasteiger partial charge in [-0.1, -0.05) is 0 Å². The Hall–Kier alpha value is -0.740. The average Bonchev–Trinajstić information content (AvgIpc) is 2.25. The zero-order chi connectivity index (χ0) is 12.0. The smallest absolute Gasteiger partial charge is 0.319 e. The summed E-state index contributed by atoms with van der Waals surface area (Å²) >= 11 is 4.51. The molecule has 0 radical (unpaired) electrons. The predicted octanol–water partition coefficient (Wildman–Crippen LogP) is 1.15. The predicted molar refractivity (Wildman–Crippen MR) is 61.2 cm³/mol. The summed E-state index contributed by atoms with van der Waals surface area (Å²) in [5, 5.41) is 2.48. The van der Waals surface area contributed by atoms with E-state index in [4.69, 9.17) is 0 Å². The molecule has 1 N–H and O–H groups in total. The Balaban J connectivity index is 4.42. The first-order chi connectivity index (χ1) is 6.95. The van der Waals surface area contributed by atoms with E-state index in [-0.39, 0.29) is 19.7 Å². The Morgan fingerprint density at radius 1 is 1.47 bits per heavy atom. The van der Waals surface area contributed by atoms with Gasteiger partial charge in [-0.2, -0.15) is 0 Å². The molecular weight excluding hydrogens is 235 g/mol. The van der Waals surface area contributed by atoms with Crippen molar-refractivity contribution < 1.29 is 14.1 Å². The van der Waals surface area contributed by atoms with Crippen molar-refractivity contribution in [2.75, 3.05) is 14.1 Å². The molecule has 0 spiro atoms. The quantitative estimate of drug-likeness (QED) is 0.760. The van der Waals surface area contributed by atoms with Crippen LogP contribution in [0.4, 0.5) is 4.79 Å². The minimum Gasteiger partial charge on any atom is -0.395 e. The summed E-state index contributed by atoms with van der Waals surface area (Å²) in [6.07, 6.45) is 0. The molecule has 0 saturated heterocycles. The van der Waals surface area contributed by atoms with Crippen LogP contribution in [-0.2, 0) is 21.1 Å². The number of rotatable bonds is 4. The van der Waals surface area contributed by atoms with Crippen molar-refractivity contribution in [3.8, 4) is 0 Å². The van der Waals surface area contributed by atoms with Crippen LogP contribution >= 0.6 is 7.58 Å². The summed E-state index contributed by atoms with van der Waals surface area (Å²) in [6.45, 7) is 3.48. The van der Waals surface area contributed by atoms with E-state index in [9.17, 15) is 9.59 Å². The van der Waals surface area contributed by atoms with E-state index < -0.39 is 11.9 Å². The Bertz CT molecular complexity index is 262. The van der Waals surface area contributed by atoms with Crippen LogP contribution in [0.5, 0.6) is 0 Å². The Morgan fingerprint density at radius 2 is 2.00 bits per heavy atom. The normalized spacial score (nSPS) is 14.1. The van der Waals surface area contributed by atoms with Crippen molar-refractivity contribution in [3.05, 3.63) is 0 Å². The van der Waals surface area contributed by atoms with Crippen molar-refractivity contribution in [1.29, 1.82) is 0 Å². The molecule has 2 amide bonds. The van der Waals surface area contributed by atoms with E-state index in [1.54, 1.807) is 20.9 Å². The highest BCUT2D eigenvalue weighted by Crippen LogP contribution is 2.13. The van der Waals surface area contributed by atoms with Gasteiger partial charge in [-0.25, -0.2) is 4.79 Å². The molecule has 0 aromatic carbocycles. The number of hydrogen-bond donors (Lipinski definition) is 1. The topological polar surface area (TPSA) is 58.6 Å². The molecule has 5 nitrogen and oxygen atoms in total. The van der Waals surface area contributed by atoms with Gasteiger partial charge >= 0.3 is 12.0 Å². The van der Waals surface area contributed by atoms with E-state index in [1.807, 2.05) is 0 Å². The van der Waals surface area contributed by atoms with Gasteiger partial charge in [-0.15, -0.1) is 0 Å². The van der Waals surface area contributed by atoms with Gasteiger partial charge in [0.25, 0.3) is 0 Å². The highest BCUT2D eigenvalue weighted by atomic mass is 32.4. The molecule has 0 aliphatic carbocycles. The maximum atomic E-state index is 11.3. The summed E-state index contributed by atoms with van der Waals surface area (Å²) in [6, 6.07) is -0.479. The number of nitrogens with zero attached hydrogens (tertiary/aromatic N) is 1. The third-order valence-electron chi connectivity index (χ3n) is 2.37. The average molecular weight is 250 g/mol. The van der Waals surface area contributed by atoms with Crippen molar-refractivity contribution in [2.45, 2.75) is 19.9 Å². The monoisotopic (exact) mass is 250 g/mol. The van der Waals surface area contributed by atoms with E-state index >= 15 is 0 Å². The molecule has 2 atom stereocenters. The Labute approximate surface area is 96.1 Å². The number of carbonyl (C=O) groups is 2. The number of carbonyl (C=O) groups excluding carboxylic acids is 2. The van der Waals surface area contributed by atoms with Crippen LogP contribution in [0, 0.1) is 5.92 Å². The van der Waals surface area contributed by atoms with Crippen LogP contribution in [0.1, 0.15) is 13.8 Å². The second-order valence-electron chi connectivity index (χ2n) is 3.18. The molecule has 7 heteroatoms. The lowest BCUT2D eigenvalue weighted by atomic mass is 10.0. The fourth-order valence-corrected chi connectivity index (χ4v) is 1.47. The van der Waals surface area contributed by atoms with E-state index in [0.29, 0.717) is 0 Å². The maximum absolute atomic E-state index is 11.3. The molecule has 2 unspecified atom stereocenters.